The molecule has 0 aromatic heterocycles. The number of carbonyl (C=O) groups excluding carboxylic acids is 1. The number of allylic oxidation sites excluding steroid dienone is 22. The van der Waals surface area contributed by atoms with E-state index in [1.165, 1.54) is 57.8 Å². The van der Waals surface area contributed by atoms with E-state index in [0.717, 1.165) is 109 Å². The van der Waals surface area contributed by atoms with Gasteiger partial charge in [-0.2, -0.15) is 0 Å². The van der Waals surface area contributed by atoms with Gasteiger partial charge in [0.05, 0.1) is 18.8 Å². The van der Waals surface area contributed by atoms with E-state index in [2.05, 4.69) is 153 Å². The van der Waals surface area contributed by atoms with Gasteiger partial charge >= 0.3 is 0 Å². The summed E-state index contributed by atoms with van der Waals surface area (Å²) in [6.45, 7) is 4.19. The van der Waals surface area contributed by atoms with Crippen molar-refractivity contribution in [2.75, 3.05) is 6.61 Å². The molecule has 4 heteroatoms. The van der Waals surface area contributed by atoms with E-state index in [1.54, 1.807) is 0 Å². The van der Waals surface area contributed by atoms with Crippen LogP contribution in [0.25, 0.3) is 0 Å². The minimum absolute atomic E-state index is 0.0594. The first-order chi connectivity index (χ1) is 29.7. The SMILES string of the molecule is CC/C=C\C/C=C\C/C=C\C/C=C\C/C=C\C/C=C\C/C=C\C/C=C\C/C=C\C/C=C\C/C=C\CCCCCCCC(=O)NC(CO)C(O)CCCCCCCCCCC. The van der Waals surface area contributed by atoms with Crippen molar-refractivity contribution in [3.63, 3.8) is 0 Å². The number of amides is 1. The topological polar surface area (TPSA) is 69.6 Å². The predicted molar refractivity (Wildman–Crippen MR) is 266 cm³/mol. The van der Waals surface area contributed by atoms with Crippen LogP contribution >= 0.6 is 0 Å². The van der Waals surface area contributed by atoms with E-state index < -0.39 is 12.1 Å². The van der Waals surface area contributed by atoms with Crippen molar-refractivity contribution in [3.05, 3.63) is 134 Å². The van der Waals surface area contributed by atoms with Crippen molar-refractivity contribution in [2.24, 2.45) is 0 Å². The highest BCUT2D eigenvalue weighted by Gasteiger charge is 2.19. The largest absolute Gasteiger partial charge is 0.394 e. The molecule has 0 aromatic carbocycles. The number of hydrogen-bond acceptors (Lipinski definition) is 3. The average Bonchev–Trinajstić information content (AvgIpc) is 3.25. The van der Waals surface area contributed by atoms with E-state index in [-0.39, 0.29) is 12.5 Å². The van der Waals surface area contributed by atoms with Crippen LogP contribution in [0, 0.1) is 0 Å². The summed E-state index contributed by atoms with van der Waals surface area (Å²) in [5.41, 5.74) is 0. The van der Waals surface area contributed by atoms with Crippen LogP contribution in [0.2, 0.25) is 0 Å². The van der Waals surface area contributed by atoms with Gasteiger partial charge < -0.3 is 15.5 Å². The Labute approximate surface area is 371 Å². The zero-order valence-corrected chi connectivity index (χ0v) is 38.7. The minimum atomic E-state index is -0.674. The van der Waals surface area contributed by atoms with Gasteiger partial charge in [-0.25, -0.2) is 0 Å². The maximum Gasteiger partial charge on any atom is 0.220 e. The van der Waals surface area contributed by atoms with E-state index in [4.69, 9.17) is 0 Å². The number of aliphatic hydroxyl groups excluding tert-OH is 2. The van der Waals surface area contributed by atoms with Crippen LogP contribution in [0.5, 0.6) is 0 Å². The van der Waals surface area contributed by atoms with Crippen LogP contribution in [-0.2, 0) is 4.79 Å². The summed E-state index contributed by atoms with van der Waals surface area (Å²) in [5, 5.41) is 23.0. The summed E-state index contributed by atoms with van der Waals surface area (Å²) < 4.78 is 0. The highest BCUT2D eigenvalue weighted by Crippen LogP contribution is 2.13. The van der Waals surface area contributed by atoms with Crippen LogP contribution in [0.15, 0.2) is 134 Å². The highest BCUT2D eigenvalue weighted by molar-refractivity contribution is 5.76. The molecule has 0 radical (unpaired) electrons. The number of unbranched alkanes of at least 4 members (excludes halogenated alkanes) is 13. The van der Waals surface area contributed by atoms with E-state index in [0.29, 0.717) is 12.8 Å². The molecule has 0 aliphatic carbocycles. The molecule has 4 nitrogen and oxygen atoms in total. The Morgan fingerprint density at radius 2 is 0.733 bits per heavy atom. The summed E-state index contributed by atoms with van der Waals surface area (Å²) in [6, 6.07) is -0.554. The van der Waals surface area contributed by atoms with E-state index in [9.17, 15) is 15.0 Å². The standard InChI is InChI=1S/C56H91NO3/c1-3-5-7-9-11-13-14-15-16-17-18-19-20-21-22-23-24-25-26-27-28-29-30-31-32-33-34-35-36-37-38-39-40-41-42-44-46-48-50-52-56(60)57-54(53-58)55(59)51-49-47-45-43-12-10-8-6-4-2/h5,7,11,13,15-16,18-19,21-22,24-25,27-28,30-31,33-34,36-37,39-40,54-55,58-59H,3-4,6,8-10,12,14,17,20,23,26,29,32,35,38,41-53H2,1-2H3,(H,57,60)/b7-5-,13-11-,16-15-,19-18-,22-21-,25-24-,28-27-,31-30-,34-33-,37-36-,40-39-. The van der Waals surface area contributed by atoms with Gasteiger partial charge in [0.15, 0.2) is 0 Å². The number of nitrogens with one attached hydrogen (secondary N) is 1. The molecule has 0 saturated carbocycles. The number of hydrogen-bond donors (Lipinski definition) is 3. The molecule has 0 bridgehead atoms. The molecule has 0 rings (SSSR count). The molecule has 60 heavy (non-hydrogen) atoms. The molecule has 0 spiro atoms. The molecule has 338 valence electrons. The lowest BCUT2D eigenvalue weighted by Gasteiger charge is -2.22. The minimum Gasteiger partial charge on any atom is -0.394 e. The first kappa shape index (κ1) is 56.5. The molecule has 0 heterocycles. The molecule has 0 aliphatic heterocycles. The first-order valence-corrected chi connectivity index (χ1v) is 24.4. The average molecular weight is 826 g/mol. The zero-order chi connectivity index (χ0) is 43.5. The molecule has 0 aromatic rings. The monoisotopic (exact) mass is 826 g/mol. The zero-order valence-electron chi connectivity index (χ0n) is 38.7. The van der Waals surface area contributed by atoms with Crippen LogP contribution in [0.1, 0.15) is 194 Å². The third-order valence-electron chi connectivity index (χ3n) is 10.2. The Morgan fingerprint density at radius 3 is 1.10 bits per heavy atom. The lowest BCUT2D eigenvalue weighted by atomic mass is 10.0. The second-order valence-corrected chi connectivity index (χ2v) is 15.8. The fourth-order valence-corrected chi connectivity index (χ4v) is 6.48. The maximum absolute atomic E-state index is 12.4. The highest BCUT2D eigenvalue weighted by atomic mass is 16.3. The normalized spacial score (nSPS) is 14.1. The quantitative estimate of drug-likeness (QED) is 0.0424. The molecular formula is C56H91NO3. The summed E-state index contributed by atoms with van der Waals surface area (Å²) in [7, 11) is 0. The lowest BCUT2D eigenvalue weighted by Crippen LogP contribution is -2.45. The predicted octanol–water partition coefficient (Wildman–Crippen LogP) is 15.9. The molecule has 0 aliphatic rings. The summed E-state index contributed by atoms with van der Waals surface area (Å²) in [4.78, 5) is 12.4. The van der Waals surface area contributed by atoms with Gasteiger partial charge in [0.25, 0.3) is 0 Å². The third kappa shape index (κ3) is 45.6. The third-order valence-corrected chi connectivity index (χ3v) is 10.2. The van der Waals surface area contributed by atoms with Crippen LogP contribution in [-0.4, -0.2) is 34.9 Å². The van der Waals surface area contributed by atoms with Crippen LogP contribution in [0.4, 0.5) is 0 Å². The number of rotatable bonds is 42. The van der Waals surface area contributed by atoms with Crippen molar-refractivity contribution in [1.82, 2.24) is 5.32 Å². The molecule has 0 saturated heterocycles. The van der Waals surface area contributed by atoms with Gasteiger partial charge in [-0.05, 0) is 96.3 Å². The summed E-state index contributed by atoms with van der Waals surface area (Å²) in [5.74, 6) is -0.0594. The second-order valence-electron chi connectivity index (χ2n) is 15.8. The van der Waals surface area contributed by atoms with Gasteiger partial charge in [0.2, 0.25) is 5.91 Å². The first-order valence-electron chi connectivity index (χ1n) is 24.4. The van der Waals surface area contributed by atoms with Gasteiger partial charge in [0.1, 0.15) is 0 Å². The van der Waals surface area contributed by atoms with Crippen molar-refractivity contribution in [3.8, 4) is 0 Å². The molecule has 3 N–H and O–H groups in total. The Kier molecular flexibility index (Phi) is 47.0. The molecule has 1 amide bonds. The van der Waals surface area contributed by atoms with Crippen molar-refractivity contribution in [2.45, 2.75) is 206 Å². The molecule has 2 unspecified atom stereocenters. The Hall–Kier alpha value is -3.47. The number of carbonyl (C=O) groups is 1. The number of aliphatic hydroxyl groups is 2. The van der Waals surface area contributed by atoms with Crippen molar-refractivity contribution < 1.29 is 15.0 Å². The molecule has 0 fully saturated rings. The molecular weight excluding hydrogens is 735 g/mol. The fourth-order valence-electron chi connectivity index (χ4n) is 6.48. The fraction of sp³-hybridized carbons (Fsp3) is 0.589. The lowest BCUT2D eigenvalue weighted by molar-refractivity contribution is -0.123. The van der Waals surface area contributed by atoms with Crippen LogP contribution in [0.3, 0.4) is 0 Å². The van der Waals surface area contributed by atoms with Gasteiger partial charge in [-0.3, -0.25) is 4.79 Å². The Morgan fingerprint density at radius 1 is 0.417 bits per heavy atom. The van der Waals surface area contributed by atoms with Gasteiger partial charge in [-0.1, -0.05) is 225 Å². The van der Waals surface area contributed by atoms with Gasteiger partial charge in [-0.15, -0.1) is 0 Å². The summed E-state index contributed by atoms with van der Waals surface area (Å²) in [6.07, 6.45) is 78.4. The Bertz CT molecular complexity index is 1260. The van der Waals surface area contributed by atoms with Crippen LogP contribution < -0.4 is 5.32 Å². The van der Waals surface area contributed by atoms with E-state index in [1.807, 2.05) is 0 Å². The summed E-state index contributed by atoms with van der Waals surface area (Å²) >= 11 is 0. The van der Waals surface area contributed by atoms with E-state index >= 15 is 0 Å². The maximum atomic E-state index is 12.4. The van der Waals surface area contributed by atoms with Gasteiger partial charge in [0, 0.05) is 6.42 Å². The van der Waals surface area contributed by atoms with Crippen molar-refractivity contribution in [1.29, 1.82) is 0 Å². The Balaban J connectivity index is 3.68. The smallest absolute Gasteiger partial charge is 0.220 e. The second kappa shape index (κ2) is 49.9. The molecule has 2 atom stereocenters. The van der Waals surface area contributed by atoms with Crippen molar-refractivity contribution >= 4 is 5.91 Å².